The molecule has 0 aliphatic carbocycles. The summed E-state index contributed by atoms with van der Waals surface area (Å²) in [6.07, 6.45) is 3.32. The van der Waals surface area contributed by atoms with Crippen molar-refractivity contribution < 1.29 is 0 Å². The quantitative estimate of drug-likeness (QED) is 0.674. The smallest absolute Gasteiger partial charge is 0.280 e. The van der Waals surface area contributed by atoms with Crippen molar-refractivity contribution in [2.75, 3.05) is 0 Å². The lowest BCUT2D eigenvalue weighted by Gasteiger charge is -2.07. The predicted octanol–water partition coefficient (Wildman–Crippen LogP) is 4.18. The largest absolute Gasteiger partial charge is 0.287 e. The second-order valence-electron chi connectivity index (χ2n) is 4.62. The first-order chi connectivity index (χ1) is 10.8. The van der Waals surface area contributed by atoms with Gasteiger partial charge in [-0.3, -0.25) is 9.36 Å². The van der Waals surface area contributed by atoms with E-state index in [1.807, 2.05) is 54.6 Å². The molecule has 0 unspecified atom stereocenters. The van der Waals surface area contributed by atoms with Gasteiger partial charge in [0.05, 0.1) is 0 Å². The molecule has 1 aromatic heterocycles. The van der Waals surface area contributed by atoms with Crippen LogP contribution in [0.5, 0.6) is 0 Å². The molecule has 0 aliphatic heterocycles. The summed E-state index contributed by atoms with van der Waals surface area (Å²) in [6.45, 7) is 0. The van der Waals surface area contributed by atoms with Gasteiger partial charge in [-0.05, 0) is 23.8 Å². The highest BCUT2D eigenvalue weighted by Crippen LogP contribution is 2.23. The van der Waals surface area contributed by atoms with Gasteiger partial charge >= 0.3 is 0 Å². The minimum absolute atomic E-state index is 0.120. The molecular formula is C17H13ClN2OS. The van der Waals surface area contributed by atoms with Gasteiger partial charge in [0, 0.05) is 28.9 Å². The Kier molecular flexibility index (Phi) is 4.61. The number of hydrogen-bond acceptors (Lipinski definition) is 3. The number of aromatic nitrogens is 2. The molecule has 3 nitrogen and oxygen atoms in total. The standard InChI is InChI=1S/C17H13ClN2OS/c18-15-9-5-4-6-13(15)12-22-16-17(21)20(11-10-19-16)14-7-2-1-3-8-14/h1-11H,12H2. The van der Waals surface area contributed by atoms with E-state index in [4.69, 9.17) is 11.6 Å². The van der Waals surface area contributed by atoms with Crippen molar-refractivity contribution in [1.82, 2.24) is 9.55 Å². The molecular weight excluding hydrogens is 316 g/mol. The summed E-state index contributed by atoms with van der Waals surface area (Å²) in [6, 6.07) is 17.1. The van der Waals surface area contributed by atoms with E-state index in [1.165, 1.54) is 11.8 Å². The van der Waals surface area contributed by atoms with Gasteiger partial charge in [0.2, 0.25) is 0 Å². The third kappa shape index (κ3) is 3.24. The van der Waals surface area contributed by atoms with Crippen molar-refractivity contribution in [3.05, 3.63) is 87.9 Å². The number of hydrogen-bond donors (Lipinski definition) is 0. The lowest BCUT2D eigenvalue weighted by molar-refractivity contribution is 0.882. The van der Waals surface area contributed by atoms with Crippen molar-refractivity contribution in [3.63, 3.8) is 0 Å². The number of nitrogens with zero attached hydrogens (tertiary/aromatic N) is 2. The van der Waals surface area contributed by atoms with E-state index in [-0.39, 0.29) is 5.56 Å². The lowest BCUT2D eigenvalue weighted by Crippen LogP contribution is -2.20. The summed E-state index contributed by atoms with van der Waals surface area (Å²) in [5.74, 6) is 0.612. The summed E-state index contributed by atoms with van der Waals surface area (Å²) >= 11 is 7.53. The molecule has 2 aromatic carbocycles. The van der Waals surface area contributed by atoms with Gasteiger partial charge in [0.25, 0.3) is 5.56 Å². The van der Waals surface area contributed by atoms with Crippen LogP contribution in [0.1, 0.15) is 5.56 Å². The van der Waals surface area contributed by atoms with E-state index in [2.05, 4.69) is 4.98 Å². The van der Waals surface area contributed by atoms with E-state index in [1.54, 1.807) is 17.0 Å². The number of benzene rings is 2. The Bertz CT molecular complexity index is 833. The van der Waals surface area contributed by atoms with Crippen LogP contribution in [0.3, 0.4) is 0 Å². The highest BCUT2D eigenvalue weighted by Gasteiger charge is 2.08. The molecule has 0 spiro atoms. The van der Waals surface area contributed by atoms with Gasteiger partial charge in [-0.2, -0.15) is 0 Å². The van der Waals surface area contributed by atoms with E-state index in [0.717, 1.165) is 11.3 Å². The molecule has 0 atom stereocenters. The molecule has 0 amide bonds. The fourth-order valence-electron chi connectivity index (χ4n) is 2.05. The normalized spacial score (nSPS) is 10.6. The Morgan fingerprint density at radius 1 is 1.05 bits per heavy atom. The Morgan fingerprint density at radius 2 is 1.77 bits per heavy atom. The third-order valence-electron chi connectivity index (χ3n) is 3.17. The van der Waals surface area contributed by atoms with Gasteiger partial charge in [0.1, 0.15) is 0 Å². The molecule has 110 valence electrons. The highest BCUT2D eigenvalue weighted by atomic mass is 35.5. The zero-order chi connectivity index (χ0) is 15.4. The Hall–Kier alpha value is -2.04. The zero-order valence-electron chi connectivity index (χ0n) is 11.6. The second-order valence-corrected chi connectivity index (χ2v) is 5.99. The minimum Gasteiger partial charge on any atom is -0.280 e. The average Bonchev–Trinajstić information content (AvgIpc) is 2.56. The van der Waals surface area contributed by atoms with Crippen LogP contribution < -0.4 is 5.56 Å². The minimum atomic E-state index is -0.120. The molecule has 5 heteroatoms. The van der Waals surface area contributed by atoms with Crippen LogP contribution in [-0.2, 0) is 5.75 Å². The maximum atomic E-state index is 12.5. The molecule has 0 radical (unpaired) electrons. The molecule has 22 heavy (non-hydrogen) atoms. The molecule has 1 heterocycles. The molecule has 0 saturated carbocycles. The van der Waals surface area contributed by atoms with E-state index in [0.29, 0.717) is 15.8 Å². The Labute approximate surface area is 137 Å². The van der Waals surface area contributed by atoms with Gasteiger partial charge in [-0.1, -0.05) is 59.8 Å². The van der Waals surface area contributed by atoms with E-state index < -0.39 is 0 Å². The maximum Gasteiger partial charge on any atom is 0.287 e. The topological polar surface area (TPSA) is 34.9 Å². The average molecular weight is 329 g/mol. The molecule has 0 aliphatic rings. The van der Waals surface area contributed by atoms with E-state index in [9.17, 15) is 4.79 Å². The molecule has 3 aromatic rings. The number of halogens is 1. The summed E-state index contributed by atoms with van der Waals surface area (Å²) in [5.41, 5.74) is 1.70. The summed E-state index contributed by atoms with van der Waals surface area (Å²) in [7, 11) is 0. The van der Waals surface area contributed by atoms with Crippen LogP contribution in [0.15, 0.2) is 76.8 Å². The van der Waals surface area contributed by atoms with Crippen LogP contribution in [0.4, 0.5) is 0 Å². The molecule has 0 saturated heterocycles. The van der Waals surface area contributed by atoms with Crippen molar-refractivity contribution in [1.29, 1.82) is 0 Å². The molecule has 0 fully saturated rings. The van der Waals surface area contributed by atoms with E-state index >= 15 is 0 Å². The highest BCUT2D eigenvalue weighted by molar-refractivity contribution is 7.98. The van der Waals surface area contributed by atoms with Crippen molar-refractivity contribution in [2.45, 2.75) is 10.8 Å². The Balaban J connectivity index is 1.87. The second kappa shape index (κ2) is 6.81. The molecule has 0 N–H and O–H groups in total. The summed E-state index contributed by atoms with van der Waals surface area (Å²) in [5, 5.41) is 1.17. The maximum absolute atomic E-state index is 12.5. The van der Waals surface area contributed by atoms with Crippen LogP contribution in [-0.4, -0.2) is 9.55 Å². The summed E-state index contributed by atoms with van der Waals surface area (Å²) in [4.78, 5) is 16.7. The van der Waals surface area contributed by atoms with Gasteiger partial charge < -0.3 is 0 Å². The van der Waals surface area contributed by atoms with Crippen LogP contribution in [0.2, 0.25) is 5.02 Å². The van der Waals surface area contributed by atoms with Gasteiger partial charge in [-0.25, -0.2) is 4.98 Å². The monoisotopic (exact) mass is 328 g/mol. The number of rotatable bonds is 4. The number of thioether (sulfide) groups is 1. The zero-order valence-corrected chi connectivity index (χ0v) is 13.2. The SMILES string of the molecule is O=c1c(SCc2ccccc2Cl)nccn1-c1ccccc1. The van der Waals surface area contributed by atoms with Crippen molar-refractivity contribution in [2.24, 2.45) is 0 Å². The Morgan fingerprint density at radius 3 is 2.55 bits per heavy atom. The third-order valence-corrected chi connectivity index (χ3v) is 4.54. The fraction of sp³-hybridized carbons (Fsp3) is 0.0588. The summed E-state index contributed by atoms with van der Waals surface area (Å²) < 4.78 is 1.60. The lowest BCUT2D eigenvalue weighted by atomic mass is 10.2. The fourth-order valence-corrected chi connectivity index (χ4v) is 3.23. The molecule has 0 bridgehead atoms. The first-order valence-corrected chi connectivity index (χ1v) is 8.11. The van der Waals surface area contributed by atoms with Crippen LogP contribution in [0.25, 0.3) is 5.69 Å². The van der Waals surface area contributed by atoms with Crippen molar-refractivity contribution >= 4 is 23.4 Å². The van der Waals surface area contributed by atoms with Gasteiger partial charge in [-0.15, -0.1) is 0 Å². The molecule has 3 rings (SSSR count). The first kappa shape index (κ1) is 14.9. The predicted molar refractivity (Wildman–Crippen MR) is 90.8 cm³/mol. The van der Waals surface area contributed by atoms with Crippen LogP contribution in [0, 0.1) is 0 Å². The number of para-hydroxylation sites is 1. The van der Waals surface area contributed by atoms with Gasteiger partial charge in [0.15, 0.2) is 5.03 Å². The van der Waals surface area contributed by atoms with Crippen molar-refractivity contribution in [3.8, 4) is 5.69 Å². The van der Waals surface area contributed by atoms with Crippen LogP contribution >= 0.6 is 23.4 Å². The first-order valence-electron chi connectivity index (χ1n) is 6.75.